The SMILES string of the molecule is N#Cc1c(Cl)ncc(F)c1I. The number of aromatic nitrogens is 1. The van der Waals surface area contributed by atoms with E-state index in [1.54, 1.807) is 28.7 Å². The quantitative estimate of drug-likeness (QED) is 0.541. The van der Waals surface area contributed by atoms with Crippen molar-refractivity contribution in [2.24, 2.45) is 0 Å². The zero-order chi connectivity index (χ0) is 8.43. The molecule has 0 fully saturated rings. The molecule has 1 aromatic heterocycles. The predicted octanol–water partition coefficient (Wildman–Crippen LogP) is 2.35. The van der Waals surface area contributed by atoms with Crippen LogP contribution in [0.4, 0.5) is 4.39 Å². The second-order valence-electron chi connectivity index (χ2n) is 1.70. The van der Waals surface area contributed by atoms with E-state index in [4.69, 9.17) is 16.9 Å². The molecular formula is C6HClFIN2. The lowest BCUT2D eigenvalue weighted by atomic mass is 10.3. The number of nitrogens with zero attached hydrogens (tertiary/aromatic N) is 2. The van der Waals surface area contributed by atoms with Crippen molar-refractivity contribution in [2.45, 2.75) is 0 Å². The lowest BCUT2D eigenvalue weighted by molar-refractivity contribution is 0.613. The standard InChI is InChI=1S/C6HClFIN2/c7-6-3(1-10)5(9)4(8)2-11-6/h2H. The van der Waals surface area contributed by atoms with Gasteiger partial charge in [-0.15, -0.1) is 0 Å². The van der Waals surface area contributed by atoms with Crippen molar-refractivity contribution in [1.82, 2.24) is 4.98 Å². The molecule has 11 heavy (non-hydrogen) atoms. The Bertz CT molecular complexity index is 334. The molecule has 0 N–H and O–H groups in total. The topological polar surface area (TPSA) is 36.7 Å². The van der Waals surface area contributed by atoms with Crippen molar-refractivity contribution in [2.75, 3.05) is 0 Å². The van der Waals surface area contributed by atoms with Crippen LogP contribution >= 0.6 is 34.2 Å². The van der Waals surface area contributed by atoms with Gasteiger partial charge in [0.2, 0.25) is 0 Å². The molecule has 0 atom stereocenters. The van der Waals surface area contributed by atoms with Gasteiger partial charge in [-0.25, -0.2) is 9.37 Å². The largest absolute Gasteiger partial charge is 0.240 e. The third-order valence-corrected chi connectivity index (χ3v) is 2.38. The summed E-state index contributed by atoms with van der Waals surface area (Å²) in [5.74, 6) is -0.522. The highest BCUT2D eigenvalue weighted by molar-refractivity contribution is 14.1. The van der Waals surface area contributed by atoms with Crippen LogP contribution in [0.1, 0.15) is 5.56 Å². The number of hydrogen-bond donors (Lipinski definition) is 0. The molecule has 1 aromatic rings. The Morgan fingerprint density at radius 1 is 1.73 bits per heavy atom. The highest BCUT2D eigenvalue weighted by Gasteiger charge is 2.09. The van der Waals surface area contributed by atoms with Gasteiger partial charge in [-0.1, -0.05) is 11.6 Å². The summed E-state index contributed by atoms with van der Waals surface area (Å²) >= 11 is 7.21. The summed E-state index contributed by atoms with van der Waals surface area (Å²) < 4.78 is 12.9. The monoisotopic (exact) mass is 282 g/mol. The van der Waals surface area contributed by atoms with Crippen molar-refractivity contribution in [3.63, 3.8) is 0 Å². The van der Waals surface area contributed by atoms with Gasteiger partial charge in [-0.2, -0.15) is 5.26 Å². The normalized spacial score (nSPS) is 9.27. The van der Waals surface area contributed by atoms with Crippen LogP contribution in [0.25, 0.3) is 0 Å². The molecule has 0 aromatic carbocycles. The minimum absolute atomic E-state index is 0.0401. The van der Waals surface area contributed by atoms with Crippen LogP contribution in [0, 0.1) is 20.7 Å². The number of halogens is 3. The summed E-state index contributed by atoms with van der Waals surface area (Å²) in [6.45, 7) is 0. The van der Waals surface area contributed by atoms with Crippen molar-refractivity contribution in [3.05, 3.63) is 26.3 Å². The minimum atomic E-state index is -0.522. The van der Waals surface area contributed by atoms with E-state index in [0.29, 0.717) is 0 Å². The Labute approximate surface area is 81.1 Å². The van der Waals surface area contributed by atoms with Crippen LogP contribution in [0.2, 0.25) is 5.15 Å². The summed E-state index contributed by atoms with van der Waals surface area (Å²) in [6, 6.07) is 1.76. The molecule has 0 saturated heterocycles. The van der Waals surface area contributed by atoms with Gasteiger partial charge >= 0.3 is 0 Å². The Morgan fingerprint density at radius 3 is 2.82 bits per heavy atom. The van der Waals surface area contributed by atoms with E-state index in [2.05, 4.69) is 4.98 Å². The van der Waals surface area contributed by atoms with Gasteiger partial charge in [0.05, 0.1) is 9.77 Å². The van der Waals surface area contributed by atoms with Crippen LogP contribution in [0.5, 0.6) is 0 Å². The van der Waals surface area contributed by atoms with E-state index >= 15 is 0 Å². The molecule has 0 amide bonds. The van der Waals surface area contributed by atoms with Gasteiger partial charge in [0.25, 0.3) is 0 Å². The lowest BCUT2D eigenvalue weighted by Crippen LogP contribution is -1.91. The Hall–Kier alpha value is -0.410. The van der Waals surface area contributed by atoms with E-state index < -0.39 is 5.82 Å². The third kappa shape index (κ3) is 1.60. The molecule has 1 rings (SSSR count). The fraction of sp³-hybridized carbons (Fsp3) is 0. The van der Waals surface area contributed by atoms with E-state index in [9.17, 15) is 4.39 Å². The summed E-state index contributed by atoms with van der Waals surface area (Å²) in [5.41, 5.74) is 0.0901. The molecule has 0 aliphatic rings. The van der Waals surface area contributed by atoms with Crippen molar-refractivity contribution in [1.29, 1.82) is 5.26 Å². The number of rotatable bonds is 0. The molecule has 0 unspecified atom stereocenters. The summed E-state index contributed by atoms with van der Waals surface area (Å²) in [4.78, 5) is 3.47. The van der Waals surface area contributed by atoms with E-state index in [-0.39, 0.29) is 14.3 Å². The summed E-state index contributed by atoms with van der Waals surface area (Å²) in [5, 5.41) is 8.52. The fourth-order valence-electron chi connectivity index (χ4n) is 0.540. The molecule has 56 valence electrons. The van der Waals surface area contributed by atoms with Crippen LogP contribution in [-0.4, -0.2) is 4.98 Å². The number of nitriles is 1. The molecular weight excluding hydrogens is 281 g/mol. The first-order chi connectivity index (χ1) is 5.16. The van der Waals surface area contributed by atoms with Crippen molar-refractivity contribution >= 4 is 34.2 Å². The second-order valence-corrected chi connectivity index (χ2v) is 3.13. The molecule has 5 heteroatoms. The van der Waals surface area contributed by atoms with E-state index in [1.165, 1.54) is 0 Å². The summed E-state index contributed by atoms with van der Waals surface area (Å²) in [6.07, 6.45) is 0.991. The Morgan fingerprint density at radius 2 is 2.36 bits per heavy atom. The first kappa shape index (κ1) is 8.68. The maximum absolute atomic E-state index is 12.7. The lowest BCUT2D eigenvalue weighted by Gasteiger charge is -1.96. The Balaban J connectivity index is 3.44. The maximum atomic E-state index is 12.7. The van der Waals surface area contributed by atoms with Crippen LogP contribution in [0.15, 0.2) is 6.20 Å². The molecule has 1 heterocycles. The minimum Gasteiger partial charge on any atom is -0.240 e. The zero-order valence-electron chi connectivity index (χ0n) is 5.11. The molecule has 0 saturated carbocycles. The second kappa shape index (κ2) is 3.32. The maximum Gasteiger partial charge on any atom is 0.156 e. The highest BCUT2D eigenvalue weighted by Crippen LogP contribution is 2.20. The smallest absolute Gasteiger partial charge is 0.156 e. The average Bonchev–Trinajstić information content (AvgIpc) is 1.99. The first-order valence-corrected chi connectivity index (χ1v) is 4.02. The van der Waals surface area contributed by atoms with E-state index in [0.717, 1.165) is 6.20 Å². The highest BCUT2D eigenvalue weighted by atomic mass is 127. The van der Waals surface area contributed by atoms with Crippen LogP contribution in [-0.2, 0) is 0 Å². The van der Waals surface area contributed by atoms with Crippen LogP contribution in [0.3, 0.4) is 0 Å². The van der Waals surface area contributed by atoms with Gasteiger partial charge < -0.3 is 0 Å². The zero-order valence-corrected chi connectivity index (χ0v) is 8.02. The summed E-state index contributed by atoms with van der Waals surface area (Å²) in [7, 11) is 0. The van der Waals surface area contributed by atoms with Crippen molar-refractivity contribution in [3.8, 4) is 6.07 Å². The number of hydrogen-bond acceptors (Lipinski definition) is 2. The molecule has 0 aliphatic heterocycles. The number of pyridine rings is 1. The molecule has 2 nitrogen and oxygen atoms in total. The molecule has 0 radical (unpaired) electrons. The van der Waals surface area contributed by atoms with Crippen molar-refractivity contribution < 1.29 is 4.39 Å². The van der Waals surface area contributed by atoms with Gasteiger partial charge in [0.1, 0.15) is 16.8 Å². The average molecular weight is 282 g/mol. The van der Waals surface area contributed by atoms with Gasteiger partial charge in [0, 0.05) is 0 Å². The molecule has 0 aliphatic carbocycles. The molecule has 0 spiro atoms. The van der Waals surface area contributed by atoms with Crippen LogP contribution < -0.4 is 0 Å². The fourth-order valence-corrected chi connectivity index (χ4v) is 1.40. The Kier molecular flexibility index (Phi) is 2.62. The third-order valence-electron chi connectivity index (χ3n) is 1.04. The molecule has 0 bridgehead atoms. The van der Waals surface area contributed by atoms with Gasteiger partial charge in [-0.05, 0) is 22.6 Å². The van der Waals surface area contributed by atoms with E-state index in [1.807, 2.05) is 0 Å². The van der Waals surface area contributed by atoms with Gasteiger partial charge in [0.15, 0.2) is 5.82 Å². The van der Waals surface area contributed by atoms with Gasteiger partial charge in [-0.3, -0.25) is 0 Å². The predicted molar refractivity (Wildman–Crippen MR) is 46.6 cm³/mol. The first-order valence-electron chi connectivity index (χ1n) is 2.56.